The van der Waals surface area contributed by atoms with Gasteiger partial charge < -0.3 is 0 Å². The van der Waals surface area contributed by atoms with E-state index in [2.05, 4.69) is 5.11 Å². The van der Waals surface area contributed by atoms with Crippen molar-refractivity contribution in [3.8, 4) is 0 Å². The molecule has 0 atom stereocenters. The molecule has 0 aromatic rings. The van der Waals surface area contributed by atoms with Crippen LogP contribution in [-0.4, -0.2) is 19.0 Å². The summed E-state index contributed by atoms with van der Waals surface area (Å²) < 4.78 is 27.5. The summed E-state index contributed by atoms with van der Waals surface area (Å²) in [6.45, 7) is 0. The Morgan fingerprint density at radius 1 is 1.60 bits per heavy atom. The van der Waals surface area contributed by atoms with Crippen LogP contribution in [-0.2, 0) is 10.3 Å². The summed E-state index contributed by atoms with van der Waals surface area (Å²) in [5.41, 5.74) is 7.40. The van der Waals surface area contributed by atoms with Gasteiger partial charge in [-0.3, -0.25) is 9.98 Å². The van der Waals surface area contributed by atoms with Gasteiger partial charge in [-0.05, 0) is 0 Å². The van der Waals surface area contributed by atoms with Crippen molar-refractivity contribution in [1.82, 2.24) is 10.3 Å². The second kappa shape index (κ2) is 3.20. The lowest BCUT2D eigenvalue weighted by Crippen LogP contribution is -2.39. The number of rotatable bonds is 2. The van der Waals surface area contributed by atoms with Crippen LogP contribution in [0, 0.1) is 5.53 Å². The van der Waals surface area contributed by atoms with Crippen molar-refractivity contribution >= 4 is 16.3 Å². The summed E-state index contributed by atoms with van der Waals surface area (Å²) in [6, 6.07) is -1.22. The van der Waals surface area contributed by atoms with E-state index in [0.29, 0.717) is 0 Å². The lowest BCUT2D eigenvalue weighted by Gasteiger charge is -1.96. The third kappa shape index (κ3) is 5.08. The largest absolute Gasteiger partial charge is 0.374 e. The van der Waals surface area contributed by atoms with Crippen molar-refractivity contribution in [2.45, 2.75) is 0 Å². The van der Waals surface area contributed by atoms with Crippen molar-refractivity contribution < 1.29 is 17.8 Å². The summed E-state index contributed by atoms with van der Waals surface area (Å²) in [6.07, 6.45) is 0. The fraction of sp³-hybridized carbons (Fsp3) is 0. The fourth-order valence-electron chi connectivity index (χ4n) is 0.136. The van der Waals surface area contributed by atoms with Crippen molar-refractivity contribution in [2.24, 2.45) is 5.11 Å². The second-order valence-electron chi connectivity index (χ2n) is 1.12. The monoisotopic (exact) mass is 168 g/mol. The highest BCUT2D eigenvalue weighted by Crippen LogP contribution is 1.70. The fourth-order valence-corrected chi connectivity index (χ4v) is 0.352. The van der Waals surface area contributed by atoms with Gasteiger partial charge in [0.15, 0.2) is 0 Å². The molecule has 10 heavy (non-hydrogen) atoms. The lowest BCUT2D eigenvalue weighted by atomic mass is 11.1. The molecule has 0 saturated carbocycles. The zero-order chi connectivity index (χ0) is 8.20. The van der Waals surface area contributed by atoms with Gasteiger partial charge in [-0.1, -0.05) is 5.11 Å². The number of nitrogens with zero attached hydrogens (tertiary/aromatic N) is 1. The molecule has 0 saturated heterocycles. The van der Waals surface area contributed by atoms with Gasteiger partial charge in [0.1, 0.15) is 0 Å². The van der Waals surface area contributed by atoms with Crippen LogP contribution >= 0.6 is 0 Å². The van der Waals surface area contributed by atoms with E-state index in [0.717, 1.165) is 0 Å². The number of urea groups is 1. The molecule has 8 nitrogen and oxygen atoms in total. The first-order chi connectivity index (χ1) is 4.45. The van der Waals surface area contributed by atoms with Crippen LogP contribution in [0.1, 0.15) is 0 Å². The molecular formula is CH4N4O4S. The van der Waals surface area contributed by atoms with Crippen molar-refractivity contribution in [3.05, 3.63) is 0 Å². The SMILES string of the molecule is N=NC(=O)NNS(=O)(=O)O. The summed E-state index contributed by atoms with van der Waals surface area (Å²) in [5, 5.41) is 2.25. The summed E-state index contributed by atoms with van der Waals surface area (Å²) >= 11 is 0. The van der Waals surface area contributed by atoms with Gasteiger partial charge in [-0.25, -0.2) is 4.79 Å². The van der Waals surface area contributed by atoms with Crippen molar-refractivity contribution in [1.29, 1.82) is 5.53 Å². The van der Waals surface area contributed by atoms with Gasteiger partial charge in [0, 0.05) is 0 Å². The maximum absolute atomic E-state index is 9.96. The third-order valence-electron chi connectivity index (χ3n) is 0.388. The maximum Gasteiger partial charge on any atom is 0.374 e. The molecule has 0 aliphatic heterocycles. The first kappa shape index (κ1) is 8.94. The average molecular weight is 168 g/mol. The summed E-state index contributed by atoms with van der Waals surface area (Å²) in [7, 11) is -4.45. The van der Waals surface area contributed by atoms with Crippen molar-refractivity contribution in [2.75, 3.05) is 0 Å². The number of nitrogens with one attached hydrogen (secondary N) is 3. The highest BCUT2D eigenvalue weighted by atomic mass is 32.2. The van der Waals surface area contributed by atoms with Crippen LogP contribution < -0.4 is 10.3 Å². The Kier molecular flexibility index (Phi) is 2.86. The number of hydrogen-bond donors (Lipinski definition) is 4. The van der Waals surface area contributed by atoms with Crippen LogP contribution in [0.3, 0.4) is 0 Å². The normalized spacial score (nSPS) is 10.5. The lowest BCUT2D eigenvalue weighted by molar-refractivity contribution is 0.245. The van der Waals surface area contributed by atoms with Crippen LogP contribution in [0.2, 0.25) is 0 Å². The Hall–Kier alpha value is -1.06. The summed E-state index contributed by atoms with van der Waals surface area (Å²) in [5.74, 6) is 0. The van der Waals surface area contributed by atoms with Gasteiger partial charge in [-0.15, -0.1) is 4.83 Å². The third-order valence-corrected chi connectivity index (χ3v) is 0.749. The zero-order valence-corrected chi connectivity index (χ0v) is 5.34. The van der Waals surface area contributed by atoms with E-state index in [1.807, 2.05) is 0 Å². The predicted molar refractivity (Wildman–Crippen MR) is 28.4 cm³/mol. The first-order valence-electron chi connectivity index (χ1n) is 1.87. The van der Waals surface area contributed by atoms with Crippen LogP contribution in [0.15, 0.2) is 5.11 Å². The second-order valence-corrected chi connectivity index (χ2v) is 2.27. The van der Waals surface area contributed by atoms with Gasteiger partial charge in [0.05, 0.1) is 0 Å². The van der Waals surface area contributed by atoms with Gasteiger partial charge >= 0.3 is 16.3 Å². The minimum atomic E-state index is -4.45. The predicted octanol–water partition coefficient (Wildman–Crippen LogP) is -0.966. The topological polar surface area (TPSA) is 132 Å². The molecule has 2 amide bonds. The Labute approximate surface area is 56.0 Å². The number of hydrogen-bond acceptors (Lipinski definition) is 4. The van der Waals surface area contributed by atoms with E-state index in [1.165, 1.54) is 10.3 Å². The van der Waals surface area contributed by atoms with Crippen LogP contribution in [0.5, 0.6) is 0 Å². The molecule has 0 aliphatic carbocycles. The van der Waals surface area contributed by atoms with Crippen LogP contribution in [0.25, 0.3) is 0 Å². The molecule has 0 bridgehead atoms. The average Bonchev–Trinajstić information content (AvgIpc) is 1.81. The molecule has 0 radical (unpaired) electrons. The highest BCUT2D eigenvalue weighted by molar-refractivity contribution is 7.83. The van der Waals surface area contributed by atoms with E-state index >= 15 is 0 Å². The molecule has 0 heterocycles. The number of amides is 2. The molecule has 0 fully saturated rings. The van der Waals surface area contributed by atoms with Gasteiger partial charge in [0.25, 0.3) is 0 Å². The Balaban J connectivity index is 3.78. The minimum absolute atomic E-state index is 1.19. The van der Waals surface area contributed by atoms with E-state index in [-0.39, 0.29) is 0 Å². The molecule has 0 rings (SSSR count). The number of carbonyl (C=O) groups excluding carboxylic acids is 1. The molecule has 0 aromatic carbocycles. The molecule has 0 unspecified atom stereocenters. The van der Waals surface area contributed by atoms with Gasteiger partial charge in [-0.2, -0.15) is 13.9 Å². The summed E-state index contributed by atoms with van der Waals surface area (Å²) in [4.78, 5) is 11.1. The minimum Gasteiger partial charge on any atom is -0.272 e. The highest BCUT2D eigenvalue weighted by Gasteiger charge is 2.03. The zero-order valence-electron chi connectivity index (χ0n) is 4.53. The van der Waals surface area contributed by atoms with E-state index in [9.17, 15) is 13.2 Å². The molecule has 0 spiro atoms. The standard InChI is InChI=1S/CH4N4O4S/c2-3-1(6)4-5-10(7,8)9/h2,5H,(H,4,6)(H,7,8,9). The molecular weight excluding hydrogens is 164 g/mol. The molecule has 4 N–H and O–H groups in total. The Bertz CT molecular complexity index is 230. The smallest absolute Gasteiger partial charge is 0.272 e. The molecule has 0 aromatic heterocycles. The first-order valence-corrected chi connectivity index (χ1v) is 3.31. The Morgan fingerprint density at radius 2 is 2.10 bits per heavy atom. The number of carbonyl (C=O) groups is 1. The van der Waals surface area contributed by atoms with E-state index in [4.69, 9.17) is 10.1 Å². The van der Waals surface area contributed by atoms with Gasteiger partial charge in [0.2, 0.25) is 0 Å². The molecule has 0 aliphatic rings. The van der Waals surface area contributed by atoms with E-state index < -0.39 is 16.3 Å². The van der Waals surface area contributed by atoms with E-state index in [1.54, 1.807) is 0 Å². The van der Waals surface area contributed by atoms with Crippen molar-refractivity contribution in [3.63, 3.8) is 0 Å². The molecule has 58 valence electrons. The quantitative estimate of drug-likeness (QED) is 0.240. The Morgan fingerprint density at radius 3 is 2.40 bits per heavy atom. The molecule has 9 heteroatoms. The van der Waals surface area contributed by atoms with Crippen LogP contribution in [0.4, 0.5) is 4.79 Å². The maximum atomic E-state index is 9.96. The number of hydrazine groups is 1.